The molecule has 0 bridgehead atoms. The molecule has 1 saturated heterocycles. The number of hydrogen-bond donors (Lipinski definition) is 2. The molecule has 0 saturated carbocycles. The van der Waals surface area contributed by atoms with Crippen molar-refractivity contribution in [2.24, 2.45) is 5.92 Å². The molecule has 7 heteroatoms. The molecule has 2 aromatic rings. The summed E-state index contributed by atoms with van der Waals surface area (Å²) in [6.45, 7) is 2.38. The summed E-state index contributed by atoms with van der Waals surface area (Å²) in [7, 11) is 0. The Morgan fingerprint density at radius 1 is 1.29 bits per heavy atom. The van der Waals surface area contributed by atoms with E-state index in [-0.39, 0.29) is 31.8 Å². The molecule has 0 aliphatic carbocycles. The molecule has 1 atom stereocenters. The van der Waals surface area contributed by atoms with Gasteiger partial charge in [-0.05, 0) is 43.4 Å². The predicted molar refractivity (Wildman–Crippen MR) is 83.7 cm³/mol. The number of aromatic amines is 1. The van der Waals surface area contributed by atoms with Crippen LogP contribution in [-0.4, -0.2) is 46.3 Å². The quantitative estimate of drug-likeness (QED) is 0.882. The Kier molecular flexibility index (Phi) is 4.29. The SMILES string of the molecule is Cc1ccc2cc(C(=O)N3CCC(C(O)C(F)(F)F)CC3)[nH]c2c1. The van der Waals surface area contributed by atoms with Gasteiger partial charge in [0.2, 0.25) is 0 Å². The number of aliphatic hydroxyl groups is 1. The molecular weight excluding hydrogens is 321 g/mol. The van der Waals surface area contributed by atoms with Gasteiger partial charge in [-0.25, -0.2) is 0 Å². The van der Waals surface area contributed by atoms with Gasteiger partial charge in [-0.15, -0.1) is 0 Å². The van der Waals surface area contributed by atoms with E-state index < -0.39 is 18.2 Å². The van der Waals surface area contributed by atoms with Crippen molar-refractivity contribution in [1.29, 1.82) is 0 Å². The number of likely N-dealkylation sites (tertiary alicyclic amines) is 1. The van der Waals surface area contributed by atoms with E-state index in [0.29, 0.717) is 5.69 Å². The van der Waals surface area contributed by atoms with E-state index in [9.17, 15) is 23.1 Å². The molecule has 2 heterocycles. The number of nitrogens with one attached hydrogen (secondary N) is 1. The van der Waals surface area contributed by atoms with Crippen LogP contribution >= 0.6 is 0 Å². The van der Waals surface area contributed by atoms with Crippen LogP contribution in [0.2, 0.25) is 0 Å². The number of benzene rings is 1. The summed E-state index contributed by atoms with van der Waals surface area (Å²) in [5.74, 6) is -1.07. The van der Waals surface area contributed by atoms with Gasteiger partial charge in [0.25, 0.3) is 5.91 Å². The van der Waals surface area contributed by atoms with E-state index in [1.807, 2.05) is 25.1 Å². The number of carbonyl (C=O) groups excluding carboxylic acids is 1. The van der Waals surface area contributed by atoms with Crippen molar-refractivity contribution in [2.75, 3.05) is 13.1 Å². The van der Waals surface area contributed by atoms with Crippen molar-refractivity contribution in [3.63, 3.8) is 0 Å². The molecule has 1 fully saturated rings. The molecule has 1 aromatic carbocycles. The molecule has 0 spiro atoms. The molecule has 24 heavy (non-hydrogen) atoms. The number of H-pyrrole nitrogens is 1. The van der Waals surface area contributed by atoms with E-state index >= 15 is 0 Å². The molecule has 1 aliphatic heterocycles. The molecule has 1 aromatic heterocycles. The monoisotopic (exact) mass is 340 g/mol. The fourth-order valence-electron chi connectivity index (χ4n) is 3.21. The number of alkyl halides is 3. The second-order valence-electron chi connectivity index (χ2n) is 6.39. The average Bonchev–Trinajstić information content (AvgIpc) is 2.95. The summed E-state index contributed by atoms with van der Waals surface area (Å²) in [5.41, 5.74) is 2.37. The first-order valence-electron chi connectivity index (χ1n) is 7.89. The first kappa shape index (κ1) is 16.8. The molecule has 2 N–H and O–H groups in total. The number of aryl methyl sites for hydroxylation is 1. The number of fused-ring (bicyclic) bond motifs is 1. The van der Waals surface area contributed by atoms with Crippen LogP contribution in [0.25, 0.3) is 10.9 Å². The lowest BCUT2D eigenvalue weighted by molar-refractivity contribution is -0.222. The third-order valence-electron chi connectivity index (χ3n) is 4.62. The van der Waals surface area contributed by atoms with E-state index in [1.54, 1.807) is 6.07 Å². The summed E-state index contributed by atoms with van der Waals surface area (Å²) < 4.78 is 37.7. The first-order chi connectivity index (χ1) is 11.3. The van der Waals surface area contributed by atoms with Gasteiger partial charge in [0.1, 0.15) is 5.69 Å². The summed E-state index contributed by atoms with van der Waals surface area (Å²) in [6, 6.07) is 7.57. The third-order valence-corrected chi connectivity index (χ3v) is 4.62. The summed E-state index contributed by atoms with van der Waals surface area (Å²) in [4.78, 5) is 17.1. The van der Waals surface area contributed by atoms with Crippen LogP contribution in [0, 0.1) is 12.8 Å². The van der Waals surface area contributed by atoms with Crippen LogP contribution < -0.4 is 0 Å². The number of aliphatic hydroxyl groups excluding tert-OH is 1. The molecule has 0 radical (unpaired) electrons. The van der Waals surface area contributed by atoms with Gasteiger partial charge in [0.05, 0.1) is 0 Å². The Bertz CT molecular complexity index is 746. The van der Waals surface area contributed by atoms with Crippen LogP contribution in [0.3, 0.4) is 0 Å². The van der Waals surface area contributed by atoms with E-state index in [0.717, 1.165) is 16.5 Å². The van der Waals surface area contributed by atoms with Crippen LogP contribution in [0.15, 0.2) is 24.3 Å². The van der Waals surface area contributed by atoms with Crippen molar-refractivity contribution >= 4 is 16.8 Å². The van der Waals surface area contributed by atoms with E-state index in [1.165, 1.54) is 4.90 Å². The highest BCUT2D eigenvalue weighted by molar-refractivity contribution is 5.98. The number of carbonyl (C=O) groups is 1. The topological polar surface area (TPSA) is 56.3 Å². The van der Waals surface area contributed by atoms with Crippen LogP contribution in [-0.2, 0) is 0 Å². The van der Waals surface area contributed by atoms with E-state index in [4.69, 9.17) is 0 Å². The number of aromatic nitrogens is 1. The number of nitrogens with zero attached hydrogens (tertiary/aromatic N) is 1. The normalized spacial score (nSPS) is 18.1. The Morgan fingerprint density at radius 3 is 2.58 bits per heavy atom. The number of rotatable bonds is 2. The Labute approximate surface area is 137 Å². The highest BCUT2D eigenvalue weighted by Crippen LogP contribution is 2.32. The van der Waals surface area contributed by atoms with Crippen molar-refractivity contribution in [2.45, 2.75) is 32.0 Å². The maximum Gasteiger partial charge on any atom is 0.414 e. The fourth-order valence-corrected chi connectivity index (χ4v) is 3.21. The second-order valence-corrected chi connectivity index (χ2v) is 6.39. The van der Waals surface area contributed by atoms with Gasteiger partial charge in [-0.1, -0.05) is 12.1 Å². The molecule has 3 rings (SSSR count). The summed E-state index contributed by atoms with van der Waals surface area (Å²) in [5, 5.41) is 10.3. The largest absolute Gasteiger partial charge is 0.414 e. The molecule has 1 amide bonds. The molecule has 1 aliphatic rings. The smallest absolute Gasteiger partial charge is 0.383 e. The lowest BCUT2D eigenvalue weighted by atomic mass is 9.91. The zero-order valence-corrected chi connectivity index (χ0v) is 13.2. The van der Waals surface area contributed by atoms with Gasteiger partial charge < -0.3 is 15.0 Å². The Morgan fingerprint density at radius 2 is 1.96 bits per heavy atom. The van der Waals surface area contributed by atoms with Gasteiger partial charge in [0, 0.05) is 24.0 Å². The zero-order chi connectivity index (χ0) is 17.5. The minimum atomic E-state index is -4.61. The van der Waals surface area contributed by atoms with Crippen molar-refractivity contribution < 1.29 is 23.1 Å². The van der Waals surface area contributed by atoms with Gasteiger partial charge >= 0.3 is 6.18 Å². The van der Waals surface area contributed by atoms with Crippen LogP contribution in [0.4, 0.5) is 13.2 Å². The van der Waals surface area contributed by atoms with E-state index in [2.05, 4.69) is 4.98 Å². The Hall–Kier alpha value is -2.02. The van der Waals surface area contributed by atoms with Gasteiger partial charge in [-0.2, -0.15) is 13.2 Å². The summed E-state index contributed by atoms with van der Waals surface area (Å²) in [6.07, 6.45) is -6.63. The van der Waals surface area contributed by atoms with Gasteiger partial charge in [0.15, 0.2) is 6.10 Å². The molecule has 1 unspecified atom stereocenters. The van der Waals surface area contributed by atoms with Crippen molar-refractivity contribution in [3.8, 4) is 0 Å². The zero-order valence-electron chi connectivity index (χ0n) is 13.2. The minimum absolute atomic E-state index is 0.145. The highest BCUT2D eigenvalue weighted by Gasteiger charge is 2.44. The lowest BCUT2D eigenvalue weighted by Gasteiger charge is -2.34. The van der Waals surface area contributed by atoms with Crippen LogP contribution in [0.5, 0.6) is 0 Å². The second kappa shape index (κ2) is 6.12. The number of piperidine rings is 1. The highest BCUT2D eigenvalue weighted by atomic mass is 19.4. The fraction of sp³-hybridized carbons (Fsp3) is 0.471. The predicted octanol–water partition coefficient (Wildman–Crippen LogP) is 3.25. The lowest BCUT2D eigenvalue weighted by Crippen LogP contribution is -2.45. The Balaban J connectivity index is 1.68. The standard InChI is InChI=1S/C17H19F3N2O2/c1-10-2-3-12-9-14(21-13(12)8-10)16(24)22-6-4-11(5-7-22)15(23)17(18,19)20/h2-3,8-9,11,15,21,23H,4-7H2,1H3. The average molecular weight is 340 g/mol. The van der Waals surface area contributed by atoms with Crippen molar-refractivity contribution in [1.82, 2.24) is 9.88 Å². The maximum atomic E-state index is 12.6. The van der Waals surface area contributed by atoms with Crippen molar-refractivity contribution in [3.05, 3.63) is 35.5 Å². The molecule has 4 nitrogen and oxygen atoms in total. The molecular formula is C17H19F3N2O2. The van der Waals surface area contributed by atoms with Gasteiger partial charge in [-0.3, -0.25) is 4.79 Å². The molecule has 130 valence electrons. The first-order valence-corrected chi connectivity index (χ1v) is 7.89. The number of hydrogen-bond acceptors (Lipinski definition) is 2. The van der Waals surface area contributed by atoms with Crippen LogP contribution in [0.1, 0.15) is 28.9 Å². The number of amides is 1. The number of halogens is 3. The maximum absolute atomic E-state index is 12.6. The summed E-state index contributed by atoms with van der Waals surface area (Å²) >= 11 is 0. The third kappa shape index (κ3) is 3.26. The minimum Gasteiger partial charge on any atom is -0.383 e.